The fourth-order valence-electron chi connectivity index (χ4n) is 2.43. The molecule has 1 aromatic heterocycles. The summed E-state index contributed by atoms with van der Waals surface area (Å²) in [6, 6.07) is 17.2. The number of carbonyl (C=O) groups is 2. The number of amides is 2. The number of pyridine rings is 1. The van der Waals surface area contributed by atoms with Crippen LogP contribution < -0.4 is 10.1 Å². The normalized spacial score (nSPS) is 10.1. The Balaban J connectivity index is 1.73. The van der Waals surface area contributed by atoms with E-state index in [1.807, 2.05) is 0 Å². The summed E-state index contributed by atoms with van der Waals surface area (Å²) in [7, 11) is 3.34. The van der Waals surface area contributed by atoms with E-state index in [0.717, 1.165) is 0 Å². The van der Waals surface area contributed by atoms with Gasteiger partial charge in [0.1, 0.15) is 11.5 Å². The number of para-hydroxylation sites is 1. The molecule has 0 fully saturated rings. The first-order valence-corrected chi connectivity index (χ1v) is 8.34. The van der Waals surface area contributed by atoms with Gasteiger partial charge < -0.3 is 15.0 Å². The molecule has 2 aromatic carbocycles. The van der Waals surface area contributed by atoms with E-state index in [1.165, 1.54) is 4.90 Å². The lowest BCUT2D eigenvalue weighted by Gasteiger charge is -2.14. The Morgan fingerprint density at radius 2 is 1.67 bits per heavy atom. The third-order valence-corrected chi connectivity index (χ3v) is 3.80. The molecule has 0 spiro atoms. The Morgan fingerprint density at radius 3 is 2.33 bits per heavy atom. The van der Waals surface area contributed by atoms with Gasteiger partial charge in [0.2, 0.25) is 0 Å². The van der Waals surface area contributed by atoms with Gasteiger partial charge in [0.25, 0.3) is 11.8 Å². The second kappa shape index (κ2) is 8.14. The van der Waals surface area contributed by atoms with Gasteiger partial charge in [-0.25, -0.2) is 0 Å². The summed E-state index contributed by atoms with van der Waals surface area (Å²) in [5.41, 5.74) is 1.37. The Labute approximate surface area is 157 Å². The first kappa shape index (κ1) is 18.1. The fourth-order valence-corrected chi connectivity index (χ4v) is 2.43. The quantitative estimate of drug-likeness (QED) is 0.750. The molecule has 0 saturated heterocycles. The highest BCUT2D eigenvalue weighted by molar-refractivity contribution is 6.08. The van der Waals surface area contributed by atoms with Gasteiger partial charge in [-0.2, -0.15) is 0 Å². The van der Waals surface area contributed by atoms with Crippen LogP contribution in [0.15, 0.2) is 73.1 Å². The molecule has 3 rings (SSSR count). The van der Waals surface area contributed by atoms with Crippen molar-refractivity contribution >= 4 is 17.5 Å². The highest BCUT2D eigenvalue weighted by atomic mass is 16.5. The molecule has 0 radical (unpaired) electrons. The molecule has 0 aliphatic heterocycles. The fraction of sp³-hybridized carbons (Fsp3) is 0.0952. The Kier molecular flexibility index (Phi) is 5.47. The van der Waals surface area contributed by atoms with Gasteiger partial charge in [0, 0.05) is 25.9 Å². The Morgan fingerprint density at radius 1 is 0.926 bits per heavy atom. The van der Waals surface area contributed by atoms with Crippen LogP contribution in [0.3, 0.4) is 0 Å². The van der Waals surface area contributed by atoms with Gasteiger partial charge in [-0.3, -0.25) is 14.6 Å². The molecular weight excluding hydrogens is 342 g/mol. The van der Waals surface area contributed by atoms with Crippen molar-refractivity contribution in [3.63, 3.8) is 0 Å². The monoisotopic (exact) mass is 361 g/mol. The summed E-state index contributed by atoms with van der Waals surface area (Å²) >= 11 is 0. The Hall–Kier alpha value is -3.67. The number of anilines is 1. The third-order valence-electron chi connectivity index (χ3n) is 3.80. The summed E-state index contributed by atoms with van der Waals surface area (Å²) in [6.45, 7) is 0. The number of aromatic nitrogens is 1. The minimum Gasteiger partial charge on any atom is -0.456 e. The van der Waals surface area contributed by atoms with Crippen molar-refractivity contribution < 1.29 is 14.3 Å². The highest BCUT2D eigenvalue weighted by Crippen LogP contribution is 2.22. The first-order valence-electron chi connectivity index (χ1n) is 8.34. The van der Waals surface area contributed by atoms with Crippen LogP contribution in [0.25, 0.3) is 0 Å². The van der Waals surface area contributed by atoms with Crippen LogP contribution in [0.1, 0.15) is 20.7 Å². The van der Waals surface area contributed by atoms with Gasteiger partial charge in [-0.15, -0.1) is 0 Å². The molecule has 0 bridgehead atoms. The molecule has 1 N–H and O–H groups in total. The summed E-state index contributed by atoms with van der Waals surface area (Å²) in [6.07, 6.45) is 3.28. The second-order valence-corrected chi connectivity index (χ2v) is 6.01. The smallest absolute Gasteiger partial charge is 0.255 e. The molecule has 6 nitrogen and oxygen atoms in total. The van der Waals surface area contributed by atoms with Crippen molar-refractivity contribution in [2.45, 2.75) is 0 Å². The van der Waals surface area contributed by atoms with Gasteiger partial charge in [-0.05, 0) is 48.5 Å². The van der Waals surface area contributed by atoms with E-state index in [2.05, 4.69) is 10.3 Å². The predicted octanol–water partition coefficient (Wildman–Crippen LogP) is 3.83. The molecule has 6 heteroatoms. The number of hydrogen-bond acceptors (Lipinski definition) is 4. The number of hydrogen-bond donors (Lipinski definition) is 1. The maximum Gasteiger partial charge on any atom is 0.255 e. The number of nitrogens with one attached hydrogen (secondary N) is 1. The summed E-state index contributed by atoms with van der Waals surface area (Å²) < 4.78 is 5.66. The molecule has 2 amide bonds. The zero-order chi connectivity index (χ0) is 19.2. The van der Waals surface area contributed by atoms with Crippen molar-refractivity contribution in [1.29, 1.82) is 0 Å². The first-order chi connectivity index (χ1) is 13.0. The maximum absolute atomic E-state index is 12.5. The second-order valence-electron chi connectivity index (χ2n) is 6.01. The third kappa shape index (κ3) is 4.49. The summed E-state index contributed by atoms with van der Waals surface area (Å²) in [4.78, 5) is 30.3. The largest absolute Gasteiger partial charge is 0.456 e. The van der Waals surface area contributed by atoms with Crippen LogP contribution in [0.5, 0.6) is 11.5 Å². The van der Waals surface area contributed by atoms with Crippen molar-refractivity contribution in [2.24, 2.45) is 0 Å². The standard InChI is InChI=1S/C21H19N3O3/c1-24(2)21(26)18-7-3-4-8-19(18)23-20(25)15-9-11-16(12-10-15)27-17-6-5-13-22-14-17/h3-14H,1-2H3,(H,23,25). The zero-order valence-electron chi connectivity index (χ0n) is 15.0. The van der Waals surface area contributed by atoms with Gasteiger partial charge in [-0.1, -0.05) is 12.1 Å². The minimum absolute atomic E-state index is 0.175. The summed E-state index contributed by atoms with van der Waals surface area (Å²) in [5.74, 6) is 0.738. The molecule has 0 saturated carbocycles. The molecule has 27 heavy (non-hydrogen) atoms. The lowest BCUT2D eigenvalue weighted by molar-refractivity contribution is 0.0828. The molecular formula is C21H19N3O3. The van der Waals surface area contributed by atoms with Crippen molar-refractivity contribution in [2.75, 3.05) is 19.4 Å². The van der Waals surface area contributed by atoms with Crippen LogP contribution in [0.2, 0.25) is 0 Å². The molecule has 0 aliphatic rings. The van der Waals surface area contributed by atoms with E-state index in [0.29, 0.717) is 28.3 Å². The molecule has 136 valence electrons. The molecule has 1 heterocycles. The summed E-state index contributed by atoms with van der Waals surface area (Å²) in [5, 5.41) is 2.79. The van der Waals surface area contributed by atoms with Crippen LogP contribution in [-0.2, 0) is 0 Å². The Bertz CT molecular complexity index is 938. The minimum atomic E-state index is -0.304. The molecule has 0 unspecified atom stereocenters. The van der Waals surface area contributed by atoms with Crippen molar-refractivity contribution in [1.82, 2.24) is 9.88 Å². The van der Waals surface area contributed by atoms with Crippen LogP contribution >= 0.6 is 0 Å². The van der Waals surface area contributed by atoms with Gasteiger partial charge in [0.15, 0.2) is 0 Å². The van der Waals surface area contributed by atoms with Gasteiger partial charge >= 0.3 is 0 Å². The number of rotatable bonds is 5. The zero-order valence-corrected chi connectivity index (χ0v) is 15.0. The van der Waals surface area contributed by atoms with Crippen molar-refractivity contribution in [3.05, 3.63) is 84.2 Å². The lowest BCUT2D eigenvalue weighted by atomic mass is 10.1. The number of ether oxygens (including phenoxy) is 1. The van der Waals surface area contributed by atoms with E-state index < -0.39 is 0 Å². The van der Waals surface area contributed by atoms with Crippen LogP contribution in [0, 0.1) is 0 Å². The molecule has 0 atom stereocenters. The van der Waals surface area contributed by atoms with Gasteiger partial charge in [0.05, 0.1) is 17.4 Å². The van der Waals surface area contributed by atoms with E-state index in [-0.39, 0.29) is 11.8 Å². The molecule has 3 aromatic rings. The molecule has 0 aliphatic carbocycles. The maximum atomic E-state index is 12.5. The SMILES string of the molecule is CN(C)C(=O)c1ccccc1NC(=O)c1ccc(Oc2cccnc2)cc1. The lowest BCUT2D eigenvalue weighted by Crippen LogP contribution is -2.24. The number of nitrogens with zero attached hydrogens (tertiary/aromatic N) is 2. The number of carbonyl (C=O) groups excluding carboxylic acids is 2. The van der Waals surface area contributed by atoms with Crippen LogP contribution in [-0.4, -0.2) is 35.8 Å². The van der Waals surface area contributed by atoms with E-state index in [4.69, 9.17) is 4.74 Å². The number of benzene rings is 2. The van der Waals surface area contributed by atoms with Crippen LogP contribution in [0.4, 0.5) is 5.69 Å². The predicted molar refractivity (Wildman–Crippen MR) is 103 cm³/mol. The average molecular weight is 361 g/mol. The van der Waals surface area contributed by atoms with E-state index >= 15 is 0 Å². The average Bonchev–Trinajstić information content (AvgIpc) is 2.69. The topological polar surface area (TPSA) is 71.5 Å². The van der Waals surface area contributed by atoms with E-state index in [1.54, 1.807) is 87.2 Å². The van der Waals surface area contributed by atoms with E-state index in [9.17, 15) is 9.59 Å². The van der Waals surface area contributed by atoms with Crippen molar-refractivity contribution in [3.8, 4) is 11.5 Å². The highest BCUT2D eigenvalue weighted by Gasteiger charge is 2.15.